The number of ether oxygens (including phenoxy) is 1. The molecule has 1 N–H and O–H groups in total. The summed E-state index contributed by atoms with van der Waals surface area (Å²) in [5, 5.41) is 15.2. The van der Waals surface area contributed by atoms with Crippen LogP contribution in [0.5, 0.6) is 0 Å². The summed E-state index contributed by atoms with van der Waals surface area (Å²) >= 11 is 0. The van der Waals surface area contributed by atoms with Gasteiger partial charge in [0.05, 0.1) is 18.1 Å². The summed E-state index contributed by atoms with van der Waals surface area (Å²) in [5.74, 6) is -0.175. The van der Waals surface area contributed by atoms with Crippen molar-refractivity contribution in [2.45, 2.75) is 12.8 Å². The van der Waals surface area contributed by atoms with E-state index in [-0.39, 0.29) is 17.6 Å². The molecule has 1 aromatic rings. The zero-order chi connectivity index (χ0) is 23.2. The number of carbonyl (C=O) groups is 2. The molecule has 3 amide bonds. The van der Waals surface area contributed by atoms with Gasteiger partial charge in [-0.25, -0.2) is 4.79 Å². The Labute approximate surface area is 193 Å². The highest BCUT2D eigenvalue weighted by atomic mass is 16.6. The summed E-state index contributed by atoms with van der Waals surface area (Å²) in [5.41, 5.74) is 0.766. The van der Waals surface area contributed by atoms with Crippen LogP contribution >= 0.6 is 0 Å². The Morgan fingerprint density at radius 3 is 2.42 bits per heavy atom. The maximum absolute atomic E-state index is 12.9. The summed E-state index contributed by atoms with van der Waals surface area (Å²) in [4.78, 5) is 44.6. The number of hydrogen-bond acceptors (Lipinski definition) is 7. The van der Waals surface area contributed by atoms with Crippen molar-refractivity contribution in [2.24, 2.45) is 0 Å². The van der Waals surface area contributed by atoms with Crippen LogP contribution in [0.4, 0.5) is 16.2 Å². The van der Waals surface area contributed by atoms with E-state index in [4.69, 9.17) is 4.74 Å². The van der Waals surface area contributed by atoms with Gasteiger partial charge in [0.25, 0.3) is 11.6 Å². The maximum Gasteiger partial charge on any atom is 0.320 e. The molecule has 0 unspecified atom stereocenters. The summed E-state index contributed by atoms with van der Waals surface area (Å²) in [6.07, 6.45) is 1.58. The molecule has 0 atom stereocenters. The minimum atomic E-state index is -0.419. The van der Waals surface area contributed by atoms with Gasteiger partial charge in [-0.2, -0.15) is 0 Å². The molecular formula is C22H32N6O5. The first-order valence-corrected chi connectivity index (χ1v) is 11.7. The van der Waals surface area contributed by atoms with Gasteiger partial charge in [0.2, 0.25) is 0 Å². The Kier molecular flexibility index (Phi) is 7.61. The molecule has 3 heterocycles. The zero-order valence-electron chi connectivity index (χ0n) is 18.9. The molecule has 0 radical (unpaired) electrons. The Morgan fingerprint density at radius 1 is 0.879 bits per heavy atom. The summed E-state index contributed by atoms with van der Waals surface area (Å²) < 4.78 is 5.33. The van der Waals surface area contributed by atoms with Crippen LogP contribution in [-0.4, -0.2) is 110 Å². The van der Waals surface area contributed by atoms with Gasteiger partial charge in [0, 0.05) is 70.5 Å². The second-order valence-corrected chi connectivity index (χ2v) is 8.57. The summed E-state index contributed by atoms with van der Waals surface area (Å²) in [7, 11) is 0. The number of rotatable bonds is 3. The number of nitrogens with one attached hydrogen (secondary N) is 1. The molecule has 1 aromatic carbocycles. The molecule has 180 valence electrons. The van der Waals surface area contributed by atoms with E-state index in [9.17, 15) is 19.7 Å². The lowest BCUT2D eigenvalue weighted by Crippen LogP contribution is -2.49. The van der Waals surface area contributed by atoms with Crippen LogP contribution in [0.3, 0.4) is 0 Å². The van der Waals surface area contributed by atoms with Gasteiger partial charge >= 0.3 is 6.03 Å². The fourth-order valence-corrected chi connectivity index (χ4v) is 4.61. The van der Waals surface area contributed by atoms with Crippen LogP contribution in [0.25, 0.3) is 0 Å². The van der Waals surface area contributed by atoms with E-state index in [1.165, 1.54) is 6.07 Å². The molecule has 0 saturated carbocycles. The quantitative estimate of drug-likeness (QED) is 0.529. The largest absolute Gasteiger partial charge is 0.378 e. The standard InChI is InChI=1S/C22H32N6O5/c29-21(25-7-1-5-23-6-10-25)18-3-4-19(20(17-18)28(31)32)24-8-2-9-26(12-11-24)22(30)27-13-15-33-16-14-27/h3-4,17,23H,1-2,5-16H2. The van der Waals surface area contributed by atoms with E-state index in [0.717, 1.165) is 19.5 Å². The van der Waals surface area contributed by atoms with Crippen LogP contribution in [0.2, 0.25) is 0 Å². The molecule has 0 spiro atoms. The summed E-state index contributed by atoms with van der Waals surface area (Å²) in [6, 6.07) is 4.77. The average molecular weight is 461 g/mol. The molecule has 33 heavy (non-hydrogen) atoms. The molecule has 3 aliphatic heterocycles. The molecule has 3 saturated heterocycles. The van der Waals surface area contributed by atoms with Crippen LogP contribution in [-0.2, 0) is 4.74 Å². The lowest BCUT2D eigenvalue weighted by Gasteiger charge is -2.32. The number of carbonyl (C=O) groups excluding carboxylic acids is 2. The summed E-state index contributed by atoms with van der Waals surface area (Å²) in [6.45, 7) is 7.32. The van der Waals surface area contributed by atoms with Gasteiger partial charge in [-0.15, -0.1) is 0 Å². The molecule has 11 heteroatoms. The molecular weight excluding hydrogens is 428 g/mol. The van der Waals surface area contributed by atoms with Crippen LogP contribution in [0.15, 0.2) is 18.2 Å². The number of hydrogen-bond donors (Lipinski definition) is 1. The van der Waals surface area contributed by atoms with Crippen molar-refractivity contribution in [3.8, 4) is 0 Å². The zero-order valence-corrected chi connectivity index (χ0v) is 18.9. The number of anilines is 1. The predicted molar refractivity (Wildman–Crippen MR) is 123 cm³/mol. The Hall–Kier alpha value is -2.92. The molecule has 3 aliphatic rings. The van der Waals surface area contributed by atoms with Crippen molar-refractivity contribution in [1.82, 2.24) is 20.0 Å². The van der Waals surface area contributed by atoms with E-state index in [1.54, 1.807) is 21.9 Å². The number of amides is 3. The van der Waals surface area contributed by atoms with E-state index >= 15 is 0 Å². The Morgan fingerprint density at radius 2 is 1.64 bits per heavy atom. The van der Waals surface area contributed by atoms with Gasteiger partial charge in [-0.1, -0.05) is 0 Å². The normalized spacial score (nSPS) is 20.2. The van der Waals surface area contributed by atoms with Crippen molar-refractivity contribution in [1.29, 1.82) is 0 Å². The van der Waals surface area contributed by atoms with E-state index in [2.05, 4.69) is 5.32 Å². The smallest absolute Gasteiger partial charge is 0.320 e. The lowest BCUT2D eigenvalue weighted by molar-refractivity contribution is -0.384. The number of benzene rings is 1. The van der Waals surface area contributed by atoms with Gasteiger partial charge in [0.1, 0.15) is 5.69 Å². The minimum absolute atomic E-state index is 0.00235. The van der Waals surface area contributed by atoms with Crippen molar-refractivity contribution < 1.29 is 19.2 Å². The van der Waals surface area contributed by atoms with Crippen LogP contribution in [0, 0.1) is 10.1 Å². The first kappa shape index (κ1) is 23.2. The lowest BCUT2D eigenvalue weighted by atomic mass is 10.1. The Bertz CT molecular complexity index is 867. The second kappa shape index (κ2) is 10.8. The highest BCUT2D eigenvalue weighted by molar-refractivity contribution is 5.96. The van der Waals surface area contributed by atoms with E-state index in [1.807, 2.05) is 9.80 Å². The monoisotopic (exact) mass is 460 g/mol. The van der Waals surface area contributed by atoms with Gasteiger partial charge < -0.3 is 29.7 Å². The fraction of sp³-hybridized carbons (Fsp3) is 0.636. The van der Waals surface area contributed by atoms with Crippen molar-refractivity contribution >= 4 is 23.3 Å². The third-order valence-electron chi connectivity index (χ3n) is 6.44. The first-order chi connectivity index (χ1) is 16.0. The van der Waals surface area contributed by atoms with Gasteiger partial charge in [0.15, 0.2) is 0 Å². The van der Waals surface area contributed by atoms with Gasteiger partial charge in [-0.05, 0) is 31.5 Å². The van der Waals surface area contributed by atoms with E-state index < -0.39 is 4.92 Å². The number of nitro groups is 1. The number of urea groups is 1. The maximum atomic E-state index is 12.9. The Balaban J connectivity index is 1.47. The van der Waals surface area contributed by atoms with Crippen molar-refractivity contribution in [2.75, 3.05) is 83.6 Å². The predicted octanol–water partition coefficient (Wildman–Crippen LogP) is 0.995. The van der Waals surface area contributed by atoms with Crippen LogP contribution in [0.1, 0.15) is 23.2 Å². The van der Waals surface area contributed by atoms with Crippen LogP contribution < -0.4 is 10.2 Å². The fourth-order valence-electron chi connectivity index (χ4n) is 4.61. The number of morpholine rings is 1. The highest BCUT2D eigenvalue weighted by Crippen LogP contribution is 2.31. The third kappa shape index (κ3) is 5.53. The van der Waals surface area contributed by atoms with Crippen molar-refractivity contribution in [3.05, 3.63) is 33.9 Å². The average Bonchev–Trinajstić information content (AvgIpc) is 3.27. The first-order valence-electron chi connectivity index (χ1n) is 11.7. The topological polar surface area (TPSA) is 112 Å². The molecule has 0 bridgehead atoms. The molecule has 0 aliphatic carbocycles. The number of nitrogens with zero attached hydrogens (tertiary/aromatic N) is 5. The number of nitro benzene ring substituents is 1. The molecule has 11 nitrogen and oxygen atoms in total. The molecule has 4 rings (SSSR count). The SMILES string of the molecule is O=C(c1ccc(N2CCCN(C(=O)N3CCOCC3)CC2)c([N+](=O)[O-])c1)N1CCCNCC1. The third-order valence-corrected chi connectivity index (χ3v) is 6.44. The van der Waals surface area contributed by atoms with Gasteiger partial charge in [-0.3, -0.25) is 14.9 Å². The molecule has 3 fully saturated rings. The minimum Gasteiger partial charge on any atom is -0.378 e. The van der Waals surface area contributed by atoms with E-state index in [0.29, 0.717) is 83.2 Å². The second-order valence-electron chi connectivity index (χ2n) is 8.57. The molecule has 0 aromatic heterocycles. The highest BCUT2D eigenvalue weighted by Gasteiger charge is 2.28. The van der Waals surface area contributed by atoms with Crippen molar-refractivity contribution in [3.63, 3.8) is 0 Å².